The van der Waals surface area contributed by atoms with E-state index in [0.717, 1.165) is 5.56 Å². The molecule has 0 saturated heterocycles. The Hall–Kier alpha value is -2.40. The molecule has 2 aromatic carbocycles. The number of nitrogen functional groups attached to an aromatic ring is 1. The maximum atomic E-state index is 13.4. The molecule has 21 heavy (non-hydrogen) atoms. The fourth-order valence-electron chi connectivity index (χ4n) is 2.03. The van der Waals surface area contributed by atoms with Crippen molar-refractivity contribution in [2.24, 2.45) is 0 Å². The number of hydrogen-bond acceptors (Lipinski definition) is 4. The largest absolute Gasteiger partial charge is 0.398 e. The van der Waals surface area contributed by atoms with Crippen molar-refractivity contribution < 1.29 is 8.91 Å². The monoisotopic (exact) mass is 303 g/mol. The Morgan fingerprint density at radius 2 is 2.00 bits per heavy atom. The van der Waals surface area contributed by atoms with Gasteiger partial charge in [0.1, 0.15) is 5.82 Å². The van der Waals surface area contributed by atoms with Gasteiger partial charge in [-0.3, -0.25) is 0 Å². The number of benzene rings is 2. The Labute approximate surface area is 125 Å². The molecule has 0 saturated carbocycles. The molecule has 0 fully saturated rings. The molecule has 1 heterocycles. The molecule has 106 valence electrons. The third kappa shape index (κ3) is 2.73. The smallest absolute Gasteiger partial charge is 0.260 e. The van der Waals surface area contributed by atoms with E-state index in [9.17, 15) is 4.39 Å². The van der Waals surface area contributed by atoms with Gasteiger partial charge < -0.3 is 10.3 Å². The summed E-state index contributed by atoms with van der Waals surface area (Å²) >= 11 is 5.94. The fraction of sp³-hybridized carbons (Fsp3) is 0.0667. The first kappa shape index (κ1) is 13.6. The quantitative estimate of drug-likeness (QED) is 0.724. The van der Waals surface area contributed by atoms with Gasteiger partial charge in [-0.25, -0.2) is 4.39 Å². The zero-order valence-corrected chi connectivity index (χ0v) is 11.9. The topological polar surface area (TPSA) is 64.9 Å². The maximum Gasteiger partial charge on any atom is 0.260 e. The number of aryl methyl sites for hydroxylation is 1. The summed E-state index contributed by atoms with van der Waals surface area (Å²) in [7, 11) is 0. The van der Waals surface area contributed by atoms with Gasteiger partial charge in [0.25, 0.3) is 5.89 Å². The number of anilines is 1. The van der Waals surface area contributed by atoms with Gasteiger partial charge in [-0.2, -0.15) is 4.98 Å². The minimum atomic E-state index is -0.349. The van der Waals surface area contributed by atoms with Crippen LogP contribution in [-0.2, 0) is 0 Å². The minimum absolute atomic E-state index is 0.243. The predicted octanol–water partition coefficient (Wildman–Crippen LogP) is 4.09. The first-order valence-electron chi connectivity index (χ1n) is 6.19. The van der Waals surface area contributed by atoms with Crippen LogP contribution in [0.4, 0.5) is 10.1 Å². The first-order chi connectivity index (χ1) is 10.0. The van der Waals surface area contributed by atoms with E-state index in [1.165, 1.54) is 12.1 Å². The van der Waals surface area contributed by atoms with Crippen molar-refractivity contribution in [1.82, 2.24) is 10.1 Å². The van der Waals surface area contributed by atoms with Gasteiger partial charge in [-0.05, 0) is 48.9 Å². The van der Waals surface area contributed by atoms with Crippen LogP contribution in [0.15, 0.2) is 40.9 Å². The second-order valence-electron chi connectivity index (χ2n) is 4.67. The Morgan fingerprint density at radius 1 is 1.19 bits per heavy atom. The third-order valence-electron chi connectivity index (χ3n) is 2.97. The lowest BCUT2D eigenvalue weighted by Gasteiger charge is -2.00. The van der Waals surface area contributed by atoms with Crippen LogP contribution >= 0.6 is 11.6 Å². The molecule has 0 aliphatic carbocycles. The fourth-order valence-corrected chi connectivity index (χ4v) is 2.20. The molecule has 0 unspecified atom stereocenters. The average Bonchev–Trinajstić information content (AvgIpc) is 2.90. The first-order valence-corrected chi connectivity index (χ1v) is 6.57. The Balaban J connectivity index is 2.05. The molecule has 0 radical (unpaired) electrons. The molecule has 1 aromatic heterocycles. The van der Waals surface area contributed by atoms with Crippen LogP contribution in [-0.4, -0.2) is 10.1 Å². The average molecular weight is 304 g/mol. The van der Waals surface area contributed by atoms with Crippen LogP contribution in [0.3, 0.4) is 0 Å². The Bertz CT molecular complexity index is 796. The standard InChI is InChI=1S/C15H11ClFN3O/c1-8-4-9(6-11(17)5-8)14-19-15(21-20-14)12-7-10(16)2-3-13(12)18/h2-7H,18H2,1H3. The second-order valence-corrected chi connectivity index (χ2v) is 5.11. The van der Waals surface area contributed by atoms with Crippen LogP contribution in [0.1, 0.15) is 5.56 Å². The van der Waals surface area contributed by atoms with E-state index < -0.39 is 0 Å². The second kappa shape index (κ2) is 5.18. The number of nitrogens with zero attached hydrogens (tertiary/aromatic N) is 2. The van der Waals surface area contributed by atoms with E-state index >= 15 is 0 Å². The van der Waals surface area contributed by atoms with Gasteiger partial charge in [0.2, 0.25) is 5.82 Å². The van der Waals surface area contributed by atoms with E-state index in [2.05, 4.69) is 10.1 Å². The molecule has 2 N–H and O–H groups in total. The van der Waals surface area contributed by atoms with Crippen molar-refractivity contribution in [2.75, 3.05) is 5.73 Å². The van der Waals surface area contributed by atoms with Gasteiger partial charge in [-0.1, -0.05) is 16.8 Å². The summed E-state index contributed by atoms with van der Waals surface area (Å²) in [6.45, 7) is 1.79. The molecule has 0 amide bonds. The van der Waals surface area contributed by atoms with Gasteiger partial charge >= 0.3 is 0 Å². The summed E-state index contributed by atoms with van der Waals surface area (Å²) in [6.07, 6.45) is 0. The SMILES string of the molecule is Cc1cc(F)cc(-c2noc(-c3cc(Cl)ccc3N)n2)c1. The van der Waals surface area contributed by atoms with Crippen LogP contribution in [0.5, 0.6) is 0 Å². The van der Waals surface area contributed by atoms with Crippen LogP contribution in [0.25, 0.3) is 22.8 Å². The van der Waals surface area contributed by atoms with E-state index in [1.807, 2.05) is 0 Å². The van der Waals surface area contributed by atoms with Crippen molar-refractivity contribution in [1.29, 1.82) is 0 Å². The Kier molecular flexibility index (Phi) is 3.35. The lowest BCUT2D eigenvalue weighted by atomic mass is 10.1. The lowest BCUT2D eigenvalue weighted by Crippen LogP contribution is -1.90. The van der Waals surface area contributed by atoms with Crippen LogP contribution in [0.2, 0.25) is 5.02 Å². The summed E-state index contributed by atoms with van der Waals surface area (Å²) in [6, 6.07) is 9.54. The summed E-state index contributed by atoms with van der Waals surface area (Å²) < 4.78 is 18.6. The van der Waals surface area contributed by atoms with Gasteiger partial charge in [0, 0.05) is 16.3 Å². The minimum Gasteiger partial charge on any atom is -0.398 e. The molecule has 0 atom stereocenters. The molecule has 0 aliphatic rings. The van der Waals surface area contributed by atoms with Crippen molar-refractivity contribution in [3.05, 3.63) is 52.8 Å². The highest BCUT2D eigenvalue weighted by atomic mass is 35.5. The van der Waals surface area contributed by atoms with Gasteiger partial charge in [0.15, 0.2) is 0 Å². The molecule has 3 rings (SSSR count). The zero-order chi connectivity index (χ0) is 15.0. The number of rotatable bonds is 2. The number of hydrogen-bond donors (Lipinski definition) is 1. The van der Waals surface area contributed by atoms with Crippen LogP contribution in [0, 0.1) is 12.7 Å². The summed E-state index contributed by atoms with van der Waals surface area (Å²) in [5.41, 5.74) is 8.22. The number of aromatic nitrogens is 2. The third-order valence-corrected chi connectivity index (χ3v) is 3.21. The lowest BCUT2D eigenvalue weighted by molar-refractivity contribution is 0.432. The van der Waals surface area contributed by atoms with Crippen molar-refractivity contribution in [3.63, 3.8) is 0 Å². The Morgan fingerprint density at radius 3 is 2.76 bits per heavy atom. The predicted molar refractivity (Wildman–Crippen MR) is 79.3 cm³/mol. The molecule has 0 aliphatic heterocycles. The number of nitrogens with two attached hydrogens (primary N) is 1. The van der Waals surface area contributed by atoms with Gasteiger partial charge in [-0.15, -0.1) is 0 Å². The molecule has 0 spiro atoms. The normalized spacial score (nSPS) is 10.8. The molecule has 4 nitrogen and oxygen atoms in total. The van der Waals surface area contributed by atoms with Crippen molar-refractivity contribution in [3.8, 4) is 22.8 Å². The maximum absolute atomic E-state index is 13.4. The highest BCUT2D eigenvalue weighted by Gasteiger charge is 2.14. The molecular weight excluding hydrogens is 293 g/mol. The van der Waals surface area contributed by atoms with Crippen molar-refractivity contribution >= 4 is 17.3 Å². The van der Waals surface area contributed by atoms with E-state index in [1.54, 1.807) is 31.2 Å². The van der Waals surface area contributed by atoms with E-state index in [4.69, 9.17) is 21.9 Å². The highest BCUT2D eigenvalue weighted by molar-refractivity contribution is 6.31. The molecule has 3 aromatic rings. The molecular formula is C15H11ClFN3O. The zero-order valence-electron chi connectivity index (χ0n) is 11.1. The van der Waals surface area contributed by atoms with E-state index in [0.29, 0.717) is 27.7 Å². The summed E-state index contributed by atoms with van der Waals surface area (Å²) in [5.74, 6) is 0.192. The molecule has 0 bridgehead atoms. The number of halogens is 2. The summed E-state index contributed by atoms with van der Waals surface area (Å²) in [5, 5.41) is 4.38. The highest BCUT2D eigenvalue weighted by Crippen LogP contribution is 2.29. The van der Waals surface area contributed by atoms with Crippen molar-refractivity contribution in [2.45, 2.75) is 6.92 Å². The van der Waals surface area contributed by atoms with Crippen LogP contribution < -0.4 is 5.73 Å². The molecule has 6 heteroatoms. The summed E-state index contributed by atoms with van der Waals surface area (Å²) in [4.78, 5) is 4.25. The van der Waals surface area contributed by atoms with Gasteiger partial charge in [0.05, 0.1) is 5.56 Å². The van der Waals surface area contributed by atoms with E-state index in [-0.39, 0.29) is 11.7 Å².